The molecule has 0 fully saturated rings. The summed E-state index contributed by atoms with van der Waals surface area (Å²) in [7, 11) is 0. The Balaban J connectivity index is -0.000000296. The third-order valence-corrected chi connectivity index (χ3v) is 10.4. The molecule has 0 saturated carbocycles. The second kappa shape index (κ2) is 35.1. The first kappa shape index (κ1) is 83.8. The Morgan fingerprint density at radius 1 is 0.329 bits per heavy atom. The van der Waals surface area contributed by atoms with Gasteiger partial charge in [0.1, 0.15) is 0 Å². The van der Waals surface area contributed by atoms with E-state index in [1.807, 2.05) is 178 Å². The molecule has 15 heteroatoms. The normalized spacial score (nSPS) is 13.0. The standard InChI is InChI=1S/C20H16N2O2.4C11H20O2.2Dy.H2O/c23-19-11-5-1-7-15(19)13-21-17-9-3-4-10-18(17)22-14-16-8-2-6-12-20(16)24;4*1-10(2,3)8(12)7-9(13)11(4,5)6;;;/h1-14,23-24H;4*7,12H,1-6H3;;;1H2/q;;;;;2*+3;/p-5/b;4*8-7-;;;. The van der Waals surface area contributed by atoms with Crippen LogP contribution in [0.25, 0.3) is 0 Å². The largest absolute Gasteiger partial charge is 3.00 e. The third-order valence-electron chi connectivity index (χ3n) is 10.4. The Kier molecular flexibility index (Phi) is 37.2. The summed E-state index contributed by atoms with van der Waals surface area (Å²) < 4.78 is 0. The number of carbonyl (C=O) groups excluding carboxylic acids is 4. The molecule has 0 aromatic heterocycles. The van der Waals surface area contributed by atoms with E-state index in [2.05, 4.69) is 9.98 Å². The molecule has 0 saturated heterocycles. The molecule has 13 nitrogen and oxygen atoms in total. The van der Waals surface area contributed by atoms with Gasteiger partial charge in [0.05, 0.1) is 11.4 Å². The number of ketones is 4. The molecule has 2 radical (unpaired) electrons. The van der Waals surface area contributed by atoms with Gasteiger partial charge in [-0.05, 0) is 69.2 Å². The van der Waals surface area contributed by atoms with Crippen molar-refractivity contribution in [3.05, 3.63) is 131 Å². The van der Waals surface area contributed by atoms with Crippen molar-refractivity contribution in [2.45, 2.75) is 166 Å². The van der Waals surface area contributed by atoms with Crippen molar-refractivity contribution in [2.75, 3.05) is 0 Å². The topological polar surface area (TPSA) is 264 Å². The number of benzene rings is 3. The van der Waals surface area contributed by atoms with Crippen LogP contribution in [0.15, 0.2) is 130 Å². The molecule has 3 rings (SSSR count). The number of hydrogen-bond acceptors (Lipinski definition) is 12. The van der Waals surface area contributed by atoms with Gasteiger partial charge in [-0.25, -0.2) is 0 Å². The Bertz CT molecular complexity index is 2300. The van der Waals surface area contributed by atoms with Gasteiger partial charge in [0.15, 0.2) is 23.1 Å². The fourth-order valence-corrected chi connectivity index (χ4v) is 4.34. The maximum absolute atomic E-state index is 11.7. The SMILES string of the molecule is CC(C)(C)C(=O)/C=C(\[O-])C(C)(C)C.CC(C)(C)C(=O)/C=C(\[O-])C(C)(C)C.CC(C)(C)C(=O)/C=C(\[O-])C(C)(C)C.CC(C)(C)C(=O)/C=C(\[O-])C(C)(C)C.[Dy+3].[Dy+3].[O-]c1ccccc1C=Nc1ccccc1N=Cc1ccccc1[O-].[OH3+]. The minimum atomic E-state index is -0.457. The molecule has 3 aromatic carbocycles. The molecule has 0 aliphatic carbocycles. The van der Waals surface area contributed by atoms with Crippen LogP contribution in [0.2, 0.25) is 0 Å². The van der Waals surface area contributed by atoms with Crippen LogP contribution >= 0.6 is 0 Å². The van der Waals surface area contributed by atoms with Gasteiger partial charge in [-0.2, -0.15) is 0 Å². The van der Waals surface area contributed by atoms with E-state index in [0.717, 1.165) is 0 Å². The summed E-state index contributed by atoms with van der Waals surface area (Å²) in [6.45, 7) is 43.4. The smallest absolute Gasteiger partial charge is 0.875 e. The zero-order chi connectivity index (χ0) is 60.2. The van der Waals surface area contributed by atoms with E-state index >= 15 is 0 Å². The number of aliphatic imine (C=N–C) groups is 2. The second-order valence-electron chi connectivity index (χ2n) is 26.6. The maximum Gasteiger partial charge on any atom is 3.00 e. The first-order chi connectivity index (χ1) is 33.9. The second-order valence-corrected chi connectivity index (χ2v) is 26.6. The van der Waals surface area contributed by atoms with Crippen molar-refractivity contribution in [1.29, 1.82) is 0 Å². The molecule has 3 N–H and O–H groups in total. The molecule has 3 aromatic rings. The molecule has 0 unspecified atom stereocenters. The minimum Gasteiger partial charge on any atom is -0.875 e. The first-order valence-electron chi connectivity index (χ1n) is 25.4. The number of hydrogen-bond donors (Lipinski definition) is 0. The molecule has 0 atom stereocenters. The van der Waals surface area contributed by atoms with Gasteiger partial charge in [0.25, 0.3) is 0 Å². The number of para-hydroxylation sites is 4. The van der Waals surface area contributed by atoms with Gasteiger partial charge in [-0.3, -0.25) is 29.2 Å². The molecule has 0 heterocycles. The molecular weight excluding hydrogens is 1300 g/mol. The summed E-state index contributed by atoms with van der Waals surface area (Å²) in [5.41, 5.74) is -1.38. The molecule has 79 heavy (non-hydrogen) atoms. The van der Waals surface area contributed by atoms with Crippen LogP contribution in [-0.2, 0) is 24.7 Å². The van der Waals surface area contributed by atoms with Gasteiger partial charge in [-0.1, -0.05) is 227 Å². The van der Waals surface area contributed by atoms with Crippen LogP contribution in [0.4, 0.5) is 11.4 Å². The molecule has 444 valence electrons. The number of nitrogens with zero attached hydrogens (tertiary/aromatic N) is 2. The average Bonchev–Trinajstić information content (AvgIpc) is 3.24. The minimum absolute atomic E-state index is 0. The van der Waals surface area contributed by atoms with Gasteiger partial charge in [0.2, 0.25) is 0 Å². The van der Waals surface area contributed by atoms with Crippen molar-refractivity contribution in [3.63, 3.8) is 0 Å². The number of rotatable bonds is 8. The van der Waals surface area contributed by atoms with E-state index in [4.69, 9.17) is 0 Å². The quantitative estimate of drug-likeness (QED) is 0.0891. The van der Waals surface area contributed by atoms with Crippen LogP contribution in [-0.4, -0.2) is 35.6 Å². The van der Waals surface area contributed by atoms with Crippen molar-refractivity contribution >= 4 is 46.9 Å². The summed E-state index contributed by atoms with van der Waals surface area (Å²) >= 11 is 0. The Morgan fingerprint density at radius 3 is 0.671 bits per heavy atom. The van der Waals surface area contributed by atoms with Gasteiger partial charge in [0, 0.05) is 34.1 Å². The van der Waals surface area contributed by atoms with E-state index in [0.29, 0.717) is 22.5 Å². The molecule has 0 aliphatic rings. The van der Waals surface area contributed by atoms with Crippen molar-refractivity contribution < 1.29 is 132 Å². The van der Waals surface area contributed by atoms with Gasteiger partial charge in [-0.15, -0.1) is 34.5 Å². The first-order valence-corrected chi connectivity index (χ1v) is 25.4. The Morgan fingerprint density at radius 2 is 0.506 bits per heavy atom. The molecular formula is C64H93Dy2N2O11+. The summed E-state index contributed by atoms with van der Waals surface area (Å²) in [5, 5.41) is 69.2. The molecule has 0 bridgehead atoms. The monoisotopic (exact) mass is 1390 g/mol. The summed E-state index contributed by atoms with van der Waals surface area (Å²) in [4.78, 5) is 54.5. The third kappa shape index (κ3) is 36.1. The summed E-state index contributed by atoms with van der Waals surface area (Å²) in [6.07, 6.45) is 7.94. The predicted molar refractivity (Wildman–Crippen MR) is 306 cm³/mol. The molecule has 0 amide bonds. The van der Waals surface area contributed by atoms with Gasteiger partial charge >= 0.3 is 76.3 Å². The predicted octanol–water partition coefficient (Wildman–Crippen LogP) is 9.98. The Hall–Kier alpha value is -4.05. The summed E-state index contributed by atoms with van der Waals surface area (Å²) in [5.74, 6) is -0.996. The number of carbonyl (C=O) groups is 4. The zero-order valence-corrected chi connectivity index (χ0v) is 55.6. The number of allylic oxidation sites excluding steroid dienone is 8. The van der Waals surface area contributed by atoms with Crippen LogP contribution < -0.4 is 30.6 Å². The van der Waals surface area contributed by atoms with E-state index in [9.17, 15) is 49.8 Å². The average molecular weight is 1390 g/mol. The fourth-order valence-electron chi connectivity index (χ4n) is 4.34. The van der Waals surface area contributed by atoms with Crippen LogP contribution in [0, 0.1) is 120 Å². The van der Waals surface area contributed by atoms with E-state index in [-0.39, 0.29) is 139 Å². The Labute approximate surface area is 535 Å². The maximum atomic E-state index is 11.7. The van der Waals surface area contributed by atoms with Crippen molar-refractivity contribution in [2.24, 2.45) is 53.3 Å². The van der Waals surface area contributed by atoms with E-state index < -0.39 is 43.3 Å². The van der Waals surface area contributed by atoms with Crippen molar-refractivity contribution in [1.82, 2.24) is 0 Å². The zero-order valence-electron chi connectivity index (χ0n) is 51.6. The van der Waals surface area contributed by atoms with Gasteiger partial charge < -0.3 is 36.1 Å². The van der Waals surface area contributed by atoms with E-state index in [1.165, 1.54) is 48.9 Å². The van der Waals surface area contributed by atoms with Crippen LogP contribution in [0.3, 0.4) is 0 Å². The summed E-state index contributed by atoms with van der Waals surface area (Å²) in [6, 6.07) is 20.7. The van der Waals surface area contributed by atoms with Crippen LogP contribution in [0.5, 0.6) is 11.5 Å². The van der Waals surface area contributed by atoms with Crippen molar-refractivity contribution in [3.8, 4) is 11.5 Å². The molecule has 0 spiro atoms. The van der Waals surface area contributed by atoms with Crippen LogP contribution in [0.1, 0.15) is 177 Å². The van der Waals surface area contributed by atoms with E-state index in [1.54, 1.807) is 48.5 Å². The molecule has 0 aliphatic heterocycles. The fraction of sp³-hybridized carbons (Fsp3) is 0.500.